The van der Waals surface area contributed by atoms with Crippen molar-refractivity contribution in [2.24, 2.45) is 0 Å². The minimum Gasteiger partial charge on any atom is -0.294 e. The SMILES string of the molecule is Cc1nc(=O)n(CCC(=O)c2ccccc2)c2ccccc12. The maximum absolute atomic E-state index is 12.2. The quantitative estimate of drug-likeness (QED) is 0.695. The van der Waals surface area contributed by atoms with Gasteiger partial charge in [-0.25, -0.2) is 4.79 Å². The van der Waals surface area contributed by atoms with Gasteiger partial charge in [-0.05, 0) is 13.0 Å². The standard InChI is InChI=1S/C18H16N2O2/c1-13-15-9-5-6-10-16(15)20(18(22)19-13)12-11-17(21)14-7-3-2-4-8-14/h2-10H,11-12H2,1H3. The summed E-state index contributed by atoms with van der Waals surface area (Å²) >= 11 is 0. The number of aryl methyl sites for hydroxylation is 2. The van der Waals surface area contributed by atoms with E-state index in [1.807, 2.05) is 49.4 Å². The molecule has 0 atom stereocenters. The Labute approximate surface area is 128 Å². The minimum absolute atomic E-state index is 0.0251. The molecule has 110 valence electrons. The molecule has 22 heavy (non-hydrogen) atoms. The zero-order chi connectivity index (χ0) is 15.5. The van der Waals surface area contributed by atoms with Crippen molar-refractivity contribution in [1.29, 1.82) is 0 Å². The molecular weight excluding hydrogens is 276 g/mol. The van der Waals surface area contributed by atoms with Gasteiger partial charge >= 0.3 is 5.69 Å². The normalized spacial score (nSPS) is 10.8. The molecule has 0 aliphatic carbocycles. The smallest absolute Gasteiger partial charge is 0.294 e. The van der Waals surface area contributed by atoms with Gasteiger partial charge in [0.15, 0.2) is 5.78 Å². The van der Waals surface area contributed by atoms with E-state index in [-0.39, 0.29) is 17.9 Å². The summed E-state index contributed by atoms with van der Waals surface area (Å²) in [5, 5.41) is 0.939. The van der Waals surface area contributed by atoms with Crippen LogP contribution >= 0.6 is 0 Å². The first-order valence-corrected chi connectivity index (χ1v) is 7.21. The molecule has 0 saturated carbocycles. The third kappa shape index (κ3) is 2.68. The number of carbonyl (C=O) groups is 1. The zero-order valence-electron chi connectivity index (χ0n) is 12.3. The minimum atomic E-state index is -0.308. The first-order chi connectivity index (χ1) is 10.7. The average Bonchev–Trinajstić information content (AvgIpc) is 2.55. The summed E-state index contributed by atoms with van der Waals surface area (Å²) in [5.41, 5.74) is 1.89. The first-order valence-electron chi connectivity index (χ1n) is 7.21. The maximum atomic E-state index is 12.2. The van der Waals surface area contributed by atoms with Crippen LogP contribution < -0.4 is 5.69 Å². The fourth-order valence-corrected chi connectivity index (χ4v) is 2.58. The van der Waals surface area contributed by atoms with E-state index < -0.39 is 0 Å². The number of para-hydroxylation sites is 1. The monoisotopic (exact) mass is 292 g/mol. The number of Topliss-reactive ketones (excluding diaryl/α,β-unsaturated/α-hetero) is 1. The molecule has 0 amide bonds. The van der Waals surface area contributed by atoms with Gasteiger partial charge in [0.1, 0.15) is 0 Å². The van der Waals surface area contributed by atoms with Crippen LogP contribution in [-0.2, 0) is 6.54 Å². The Morgan fingerprint density at radius 3 is 2.50 bits per heavy atom. The van der Waals surface area contributed by atoms with Gasteiger partial charge in [-0.1, -0.05) is 48.5 Å². The number of hydrogen-bond acceptors (Lipinski definition) is 3. The molecule has 4 heteroatoms. The number of benzene rings is 2. The van der Waals surface area contributed by atoms with Crippen LogP contribution in [0.15, 0.2) is 59.4 Å². The number of nitrogens with zero attached hydrogens (tertiary/aromatic N) is 2. The fraction of sp³-hybridized carbons (Fsp3) is 0.167. The molecule has 1 aromatic heterocycles. The summed E-state index contributed by atoms with van der Waals surface area (Å²) in [6.07, 6.45) is 0.276. The van der Waals surface area contributed by atoms with Crippen molar-refractivity contribution in [1.82, 2.24) is 9.55 Å². The van der Waals surface area contributed by atoms with Gasteiger partial charge in [-0.15, -0.1) is 0 Å². The lowest BCUT2D eigenvalue weighted by atomic mass is 10.1. The van der Waals surface area contributed by atoms with Crippen molar-refractivity contribution in [2.75, 3.05) is 0 Å². The van der Waals surface area contributed by atoms with Crippen LogP contribution in [0, 0.1) is 6.92 Å². The molecule has 0 N–H and O–H groups in total. The van der Waals surface area contributed by atoms with Crippen molar-refractivity contribution >= 4 is 16.7 Å². The van der Waals surface area contributed by atoms with E-state index in [2.05, 4.69) is 4.98 Å². The average molecular weight is 292 g/mol. The Hall–Kier alpha value is -2.75. The number of rotatable bonds is 4. The van der Waals surface area contributed by atoms with Crippen LogP contribution in [0.3, 0.4) is 0 Å². The highest BCUT2D eigenvalue weighted by atomic mass is 16.1. The van der Waals surface area contributed by atoms with E-state index in [0.29, 0.717) is 17.8 Å². The van der Waals surface area contributed by atoms with Gasteiger partial charge in [0.25, 0.3) is 0 Å². The Bertz CT molecular complexity index is 882. The topological polar surface area (TPSA) is 52.0 Å². The Balaban J connectivity index is 1.92. The summed E-state index contributed by atoms with van der Waals surface area (Å²) in [4.78, 5) is 28.4. The van der Waals surface area contributed by atoms with Gasteiger partial charge in [0.05, 0.1) is 11.2 Å². The van der Waals surface area contributed by atoms with E-state index in [1.54, 1.807) is 16.7 Å². The van der Waals surface area contributed by atoms with Crippen molar-refractivity contribution in [3.05, 3.63) is 76.3 Å². The van der Waals surface area contributed by atoms with E-state index in [4.69, 9.17) is 0 Å². The Morgan fingerprint density at radius 1 is 1.05 bits per heavy atom. The third-order valence-electron chi connectivity index (χ3n) is 3.74. The molecule has 0 saturated heterocycles. The summed E-state index contributed by atoms with van der Waals surface area (Å²) < 4.78 is 1.57. The highest BCUT2D eigenvalue weighted by Crippen LogP contribution is 2.15. The number of ketones is 1. The molecule has 3 aromatic rings. The van der Waals surface area contributed by atoms with Crippen LogP contribution in [0.5, 0.6) is 0 Å². The van der Waals surface area contributed by atoms with Crippen molar-refractivity contribution in [2.45, 2.75) is 19.9 Å². The molecule has 0 aliphatic heterocycles. The first kappa shape index (κ1) is 14.2. The lowest BCUT2D eigenvalue weighted by Gasteiger charge is -2.10. The van der Waals surface area contributed by atoms with Gasteiger partial charge in [-0.2, -0.15) is 4.98 Å². The molecule has 0 spiro atoms. The van der Waals surface area contributed by atoms with E-state index >= 15 is 0 Å². The van der Waals surface area contributed by atoms with Crippen LogP contribution in [0.1, 0.15) is 22.5 Å². The summed E-state index contributed by atoms with van der Waals surface area (Å²) in [7, 11) is 0. The van der Waals surface area contributed by atoms with Crippen LogP contribution in [0.4, 0.5) is 0 Å². The number of carbonyl (C=O) groups excluding carboxylic acids is 1. The highest BCUT2D eigenvalue weighted by Gasteiger charge is 2.10. The molecule has 0 bridgehead atoms. The van der Waals surface area contributed by atoms with Gasteiger partial charge < -0.3 is 0 Å². The molecule has 1 heterocycles. The summed E-state index contributed by atoms with van der Waals surface area (Å²) in [5.74, 6) is 0.0251. The Morgan fingerprint density at radius 2 is 1.73 bits per heavy atom. The predicted molar refractivity (Wildman–Crippen MR) is 86.1 cm³/mol. The largest absolute Gasteiger partial charge is 0.348 e. The number of fused-ring (bicyclic) bond motifs is 1. The maximum Gasteiger partial charge on any atom is 0.348 e. The predicted octanol–water partition coefficient (Wildman–Crippen LogP) is 2.98. The molecule has 2 aromatic carbocycles. The van der Waals surface area contributed by atoms with Crippen molar-refractivity contribution in [3.63, 3.8) is 0 Å². The van der Waals surface area contributed by atoms with Gasteiger partial charge in [0.2, 0.25) is 0 Å². The van der Waals surface area contributed by atoms with E-state index in [1.165, 1.54) is 0 Å². The van der Waals surface area contributed by atoms with Gasteiger partial charge in [-0.3, -0.25) is 9.36 Å². The lowest BCUT2D eigenvalue weighted by Crippen LogP contribution is -2.25. The highest BCUT2D eigenvalue weighted by molar-refractivity contribution is 5.96. The molecule has 0 unspecified atom stereocenters. The number of aromatic nitrogens is 2. The summed E-state index contributed by atoms with van der Waals surface area (Å²) in [6, 6.07) is 16.7. The lowest BCUT2D eigenvalue weighted by molar-refractivity contribution is 0.0977. The molecule has 4 nitrogen and oxygen atoms in total. The molecule has 0 fully saturated rings. The zero-order valence-corrected chi connectivity index (χ0v) is 12.3. The van der Waals surface area contributed by atoms with Crippen LogP contribution in [0.2, 0.25) is 0 Å². The second-order valence-electron chi connectivity index (χ2n) is 5.19. The second-order valence-corrected chi connectivity index (χ2v) is 5.19. The van der Waals surface area contributed by atoms with Crippen LogP contribution in [0.25, 0.3) is 10.9 Å². The Kier molecular flexibility index (Phi) is 3.83. The molecule has 0 aliphatic rings. The molecular formula is C18H16N2O2. The van der Waals surface area contributed by atoms with E-state index in [9.17, 15) is 9.59 Å². The van der Waals surface area contributed by atoms with Crippen molar-refractivity contribution in [3.8, 4) is 0 Å². The van der Waals surface area contributed by atoms with Crippen molar-refractivity contribution < 1.29 is 4.79 Å². The number of hydrogen-bond donors (Lipinski definition) is 0. The second kappa shape index (κ2) is 5.93. The van der Waals surface area contributed by atoms with E-state index in [0.717, 1.165) is 10.9 Å². The van der Waals surface area contributed by atoms with Crippen LogP contribution in [-0.4, -0.2) is 15.3 Å². The molecule has 0 radical (unpaired) electrons. The third-order valence-corrected chi connectivity index (χ3v) is 3.74. The fourth-order valence-electron chi connectivity index (χ4n) is 2.58. The summed E-state index contributed by atoms with van der Waals surface area (Å²) in [6.45, 7) is 2.16. The molecule has 3 rings (SSSR count). The van der Waals surface area contributed by atoms with Gasteiger partial charge in [0, 0.05) is 23.9 Å².